The number of nitro groups is 1. The zero-order chi connectivity index (χ0) is 14.8. The van der Waals surface area contributed by atoms with Crippen molar-refractivity contribution in [2.45, 2.75) is 19.1 Å². The van der Waals surface area contributed by atoms with E-state index in [0.29, 0.717) is 5.71 Å². The average molecular weight is 282 g/mol. The Morgan fingerprint density at radius 2 is 1.76 bits per heavy atom. The summed E-state index contributed by atoms with van der Waals surface area (Å²) in [5.74, 6) is -0.497. The van der Waals surface area contributed by atoms with E-state index in [1.807, 2.05) is 61.5 Å². The number of aryl methyl sites for hydroxylation is 1. The first-order valence-corrected chi connectivity index (χ1v) is 6.66. The zero-order valence-corrected chi connectivity index (χ0v) is 11.5. The molecule has 106 valence electrons. The molecule has 0 bridgehead atoms. The minimum Gasteiger partial charge on any atom is -0.320 e. The van der Waals surface area contributed by atoms with E-state index in [0.717, 1.165) is 16.7 Å². The lowest BCUT2D eigenvalue weighted by Gasteiger charge is -2.13. The highest BCUT2D eigenvalue weighted by atomic mass is 16.7. The van der Waals surface area contributed by atoms with Crippen LogP contribution in [0.5, 0.6) is 0 Å². The van der Waals surface area contributed by atoms with Crippen LogP contribution >= 0.6 is 0 Å². The Bertz CT molecular complexity index is 680. The number of rotatable bonds is 3. The fraction of sp³-hybridized carbons (Fsp3) is 0.188. The zero-order valence-electron chi connectivity index (χ0n) is 11.5. The number of oxime groups is 1. The molecule has 1 heterocycles. The molecule has 3 rings (SSSR count). The van der Waals surface area contributed by atoms with Gasteiger partial charge in [0.2, 0.25) is 0 Å². The molecule has 2 atom stereocenters. The minimum atomic E-state index is -1.18. The second-order valence-electron chi connectivity index (χ2n) is 5.01. The van der Waals surface area contributed by atoms with Gasteiger partial charge in [-0.1, -0.05) is 65.3 Å². The van der Waals surface area contributed by atoms with Gasteiger partial charge in [-0.3, -0.25) is 10.1 Å². The summed E-state index contributed by atoms with van der Waals surface area (Å²) >= 11 is 0. The maximum atomic E-state index is 11.2. The Balaban J connectivity index is 2.04. The number of hydrogen-bond donors (Lipinski definition) is 0. The van der Waals surface area contributed by atoms with Crippen LogP contribution in [0, 0.1) is 17.0 Å². The molecule has 21 heavy (non-hydrogen) atoms. The SMILES string of the molecule is Cc1ccc(C2C(c3ccccc3)=NOC2[N+](=O)[O-])cc1. The maximum absolute atomic E-state index is 11.2. The van der Waals surface area contributed by atoms with Crippen LogP contribution in [0.15, 0.2) is 59.8 Å². The summed E-state index contributed by atoms with van der Waals surface area (Å²) in [5.41, 5.74) is 3.38. The van der Waals surface area contributed by atoms with E-state index in [1.165, 1.54) is 0 Å². The quantitative estimate of drug-likeness (QED) is 0.641. The molecule has 1 aliphatic heterocycles. The summed E-state index contributed by atoms with van der Waals surface area (Å²) in [6, 6.07) is 17.1. The smallest absolute Gasteiger partial charge is 0.320 e. The van der Waals surface area contributed by atoms with Crippen LogP contribution in [0.1, 0.15) is 22.6 Å². The Morgan fingerprint density at radius 3 is 2.38 bits per heavy atom. The first-order chi connectivity index (χ1) is 10.2. The molecular weight excluding hydrogens is 268 g/mol. The topological polar surface area (TPSA) is 64.7 Å². The normalized spacial score (nSPS) is 20.7. The Labute approximate surface area is 122 Å². The van der Waals surface area contributed by atoms with Crippen LogP contribution in [-0.2, 0) is 4.84 Å². The average Bonchev–Trinajstić information content (AvgIpc) is 2.94. The monoisotopic (exact) mass is 282 g/mol. The highest BCUT2D eigenvalue weighted by Crippen LogP contribution is 2.32. The first-order valence-electron chi connectivity index (χ1n) is 6.66. The molecule has 0 amide bonds. The Hall–Kier alpha value is -2.69. The largest absolute Gasteiger partial charge is 0.387 e. The molecule has 2 aromatic rings. The van der Waals surface area contributed by atoms with Crippen LogP contribution < -0.4 is 0 Å². The van der Waals surface area contributed by atoms with Gasteiger partial charge in [0.15, 0.2) is 0 Å². The lowest BCUT2D eigenvalue weighted by Crippen LogP contribution is -2.29. The second-order valence-corrected chi connectivity index (χ2v) is 5.01. The van der Waals surface area contributed by atoms with Crippen molar-refractivity contribution in [3.63, 3.8) is 0 Å². The third kappa shape index (κ3) is 2.50. The van der Waals surface area contributed by atoms with Gasteiger partial charge in [-0.25, -0.2) is 0 Å². The molecule has 0 N–H and O–H groups in total. The van der Waals surface area contributed by atoms with E-state index in [2.05, 4.69) is 5.16 Å². The summed E-state index contributed by atoms with van der Waals surface area (Å²) in [4.78, 5) is 15.9. The summed E-state index contributed by atoms with van der Waals surface area (Å²) in [6.45, 7) is 1.98. The Morgan fingerprint density at radius 1 is 1.10 bits per heavy atom. The predicted octanol–water partition coefficient (Wildman–Crippen LogP) is 3.12. The summed E-state index contributed by atoms with van der Waals surface area (Å²) in [5, 5.41) is 15.2. The lowest BCUT2D eigenvalue weighted by molar-refractivity contribution is -0.574. The van der Waals surface area contributed by atoms with Gasteiger partial charge in [0, 0.05) is 5.56 Å². The number of nitrogens with zero attached hydrogens (tertiary/aromatic N) is 2. The van der Waals surface area contributed by atoms with Crippen LogP contribution in [0.4, 0.5) is 0 Å². The van der Waals surface area contributed by atoms with Crippen molar-refractivity contribution in [2.75, 3.05) is 0 Å². The molecule has 1 aliphatic rings. The third-order valence-electron chi connectivity index (χ3n) is 3.55. The summed E-state index contributed by atoms with van der Waals surface area (Å²) in [7, 11) is 0. The fourth-order valence-electron chi connectivity index (χ4n) is 2.46. The molecule has 0 spiro atoms. The van der Waals surface area contributed by atoms with Crippen LogP contribution in [0.3, 0.4) is 0 Å². The number of benzene rings is 2. The molecule has 2 unspecified atom stereocenters. The summed E-state index contributed by atoms with van der Waals surface area (Å²) in [6.07, 6.45) is -1.18. The van der Waals surface area contributed by atoms with E-state index >= 15 is 0 Å². The molecule has 2 aromatic carbocycles. The lowest BCUT2D eigenvalue weighted by atomic mass is 9.89. The molecule has 0 aromatic heterocycles. The molecule has 0 fully saturated rings. The van der Waals surface area contributed by atoms with Gasteiger partial charge in [-0.05, 0) is 12.5 Å². The predicted molar refractivity (Wildman–Crippen MR) is 78.8 cm³/mol. The summed E-state index contributed by atoms with van der Waals surface area (Å²) < 4.78 is 0. The van der Waals surface area contributed by atoms with Crippen molar-refractivity contribution in [3.8, 4) is 0 Å². The highest BCUT2D eigenvalue weighted by Gasteiger charge is 2.44. The van der Waals surface area contributed by atoms with E-state index in [9.17, 15) is 10.1 Å². The van der Waals surface area contributed by atoms with Crippen LogP contribution in [0.2, 0.25) is 0 Å². The van der Waals surface area contributed by atoms with Crippen molar-refractivity contribution in [1.82, 2.24) is 0 Å². The highest BCUT2D eigenvalue weighted by molar-refractivity contribution is 6.05. The third-order valence-corrected chi connectivity index (χ3v) is 3.55. The van der Waals surface area contributed by atoms with Crippen LogP contribution in [0.25, 0.3) is 0 Å². The van der Waals surface area contributed by atoms with Crippen molar-refractivity contribution in [2.24, 2.45) is 5.16 Å². The molecule has 0 saturated heterocycles. The molecule has 0 aliphatic carbocycles. The molecule has 0 saturated carbocycles. The van der Waals surface area contributed by atoms with Gasteiger partial charge >= 0.3 is 6.23 Å². The van der Waals surface area contributed by atoms with Gasteiger partial charge in [0.05, 0.1) is 4.92 Å². The molecule has 0 radical (unpaired) electrons. The van der Waals surface area contributed by atoms with Crippen molar-refractivity contribution >= 4 is 5.71 Å². The van der Waals surface area contributed by atoms with E-state index < -0.39 is 17.1 Å². The first kappa shape index (κ1) is 13.3. The molecule has 5 nitrogen and oxygen atoms in total. The van der Waals surface area contributed by atoms with Gasteiger partial charge in [0.1, 0.15) is 11.6 Å². The maximum Gasteiger partial charge on any atom is 0.387 e. The van der Waals surface area contributed by atoms with Gasteiger partial charge in [-0.15, -0.1) is 0 Å². The fourth-order valence-corrected chi connectivity index (χ4v) is 2.46. The standard InChI is InChI=1S/C16H14N2O3/c1-11-7-9-12(10-8-11)14-15(13-5-3-2-4-6-13)17-21-16(14)18(19)20/h2-10,14,16H,1H3. The van der Waals surface area contributed by atoms with Crippen LogP contribution in [-0.4, -0.2) is 16.9 Å². The Kier molecular flexibility index (Phi) is 3.39. The van der Waals surface area contributed by atoms with Gasteiger partial charge < -0.3 is 4.84 Å². The van der Waals surface area contributed by atoms with E-state index in [4.69, 9.17) is 4.84 Å². The van der Waals surface area contributed by atoms with E-state index in [1.54, 1.807) is 0 Å². The second kappa shape index (κ2) is 5.36. The molecular formula is C16H14N2O3. The van der Waals surface area contributed by atoms with Crippen molar-refractivity contribution in [3.05, 3.63) is 81.4 Å². The van der Waals surface area contributed by atoms with Crippen molar-refractivity contribution < 1.29 is 9.76 Å². The van der Waals surface area contributed by atoms with Gasteiger partial charge in [-0.2, -0.15) is 0 Å². The van der Waals surface area contributed by atoms with Gasteiger partial charge in [0.25, 0.3) is 0 Å². The molecule has 5 heteroatoms. The van der Waals surface area contributed by atoms with E-state index in [-0.39, 0.29) is 0 Å². The minimum absolute atomic E-state index is 0.427. The van der Waals surface area contributed by atoms with Crippen molar-refractivity contribution in [1.29, 1.82) is 0 Å². The number of hydrogen-bond acceptors (Lipinski definition) is 4.